The number of piperazine rings is 1. The zero-order valence-corrected chi connectivity index (χ0v) is 20.4. The monoisotopic (exact) mass is 489 g/mol. The second kappa shape index (κ2) is 10.7. The summed E-state index contributed by atoms with van der Waals surface area (Å²) in [5.74, 6) is -1.78. The van der Waals surface area contributed by atoms with E-state index in [1.165, 1.54) is 13.8 Å². The van der Waals surface area contributed by atoms with Crippen molar-refractivity contribution in [2.75, 3.05) is 42.5 Å². The predicted octanol–water partition coefficient (Wildman–Crippen LogP) is 3.19. The minimum absolute atomic E-state index is 0.0799. The molecule has 0 saturated carbocycles. The van der Waals surface area contributed by atoms with Crippen LogP contribution in [0, 0.1) is 17.1 Å². The van der Waals surface area contributed by atoms with Crippen LogP contribution in [0.25, 0.3) is 10.8 Å². The molecule has 2 amide bonds. The Balaban J connectivity index is 1.42. The highest BCUT2D eigenvalue weighted by Crippen LogP contribution is 2.28. The number of rotatable bonds is 6. The Morgan fingerprint density at radius 1 is 1.03 bits per heavy atom. The minimum Gasteiger partial charge on any atom is -0.369 e. The number of aromatic amines is 1. The number of nitrogens with one attached hydrogen (secondary N) is 1. The summed E-state index contributed by atoms with van der Waals surface area (Å²) in [5.41, 5.74) is 2.06. The number of halogens is 1. The van der Waals surface area contributed by atoms with E-state index in [1.54, 1.807) is 6.07 Å². The highest BCUT2D eigenvalue weighted by atomic mass is 19.1. The Labute approximate surface area is 208 Å². The molecule has 0 bridgehead atoms. The molecule has 0 spiro atoms. The normalized spacial score (nSPS) is 14.0. The van der Waals surface area contributed by atoms with Crippen LogP contribution in [0.2, 0.25) is 0 Å². The summed E-state index contributed by atoms with van der Waals surface area (Å²) in [6.07, 6.45) is 1.40. The van der Waals surface area contributed by atoms with Crippen molar-refractivity contribution in [2.24, 2.45) is 0 Å². The number of nitriles is 1. The second-order valence-electron chi connectivity index (χ2n) is 8.97. The first-order chi connectivity index (χ1) is 17.3. The Morgan fingerprint density at radius 2 is 1.69 bits per heavy atom. The van der Waals surface area contributed by atoms with E-state index in [1.807, 2.05) is 24.3 Å². The number of nitrogens with zero attached hydrogens (tertiary/aromatic N) is 4. The van der Waals surface area contributed by atoms with Gasteiger partial charge in [0.15, 0.2) is 0 Å². The van der Waals surface area contributed by atoms with Crippen LogP contribution in [0.5, 0.6) is 0 Å². The Morgan fingerprint density at radius 3 is 2.31 bits per heavy atom. The SMILES string of the molecule is CC(=O)N(C(C)=O)c1cc(F)cc2c(=O)[nH]c(CCCN3CCN(c4ccc(C#N)cc4)CC3)cc12. The zero-order valence-electron chi connectivity index (χ0n) is 20.4. The molecule has 1 aromatic heterocycles. The number of carbonyl (C=O) groups excluding carboxylic acids is 2. The first-order valence-electron chi connectivity index (χ1n) is 11.9. The molecule has 0 radical (unpaired) electrons. The van der Waals surface area contributed by atoms with E-state index in [-0.39, 0.29) is 11.1 Å². The number of amides is 2. The van der Waals surface area contributed by atoms with Crippen LogP contribution in [-0.2, 0) is 16.0 Å². The van der Waals surface area contributed by atoms with E-state index in [2.05, 4.69) is 20.9 Å². The van der Waals surface area contributed by atoms with E-state index in [4.69, 9.17) is 5.26 Å². The van der Waals surface area contributed by atoms with Crippen LogP contribution in [-0.4, -0.2) is 54.4 Å². The van der Waals surface area contributed by atoms with Gasteiger partial charge in [-0.25, -0.2) is 4.39 Å². The lowest BCUT2D eigenvalue weighted by Gasteiger charge is -2.36. The molecule has 186 valence electrons. The topological polar surface area (TPSA) is 101 Å². The fourth-order valence-corrected chi connectivity index (χ4v) is 4.72. The third kappa shape index (κ3) is 5.44. The van der Waals surface area contributed by atoms with Crippen molar-refractivity contribution in [2.45, 2.75) is 26.7 Å². The van der Waals surface area contributed by atoms with Crippen molar-refractivity contribution >= 4 is 34.0 Å². The number of benzene rings is 2. The first-order valence-corrected chi connectivity index (χ1v) is 11.9. The molecule has 4 rings (SSSR count). The third-order valence-corrected chi connectivity index (χ3v) is 6.49. The smallest absolute Gasteiger partial charge is 0.256 e. The molecule has 36 heavy (non-hydrogen) atoms. The maximum Gasteiger partial charge on any atom is 0.256 e. The van der Waals surface area contributed by atoms with Crippen molar-refractivity contribution in [3.63, 3.8) is 0 Å². The summed E-state index contributed by atoms with van der Waals surface area (Å²) in [6, 6.07) is 13.7. The summed E-state index contributed by atoms with van der Waals surface area (Å²) >= 11 is 0. The number of aromatic nitrogens is 1. The largest absolute Gasteiger partial charge is 0.369 e. The van der Waals surface area contributed by atoms with Crippen LogP contribution in [0.15, 0.2) is 47.3 Å². The number of carbonyl (C=O) groups is 2. The van der Waals surface area contributed by atoms with E-state index < -0.39 is 23.2 Å². The minimum atomic E-state index is -0.691. The maximum absolute atomic E-state index is 14.2. The van der Waals surface area contributed by atoms with Gasteiger partial charge in [0, 0.05) is 56.8 Å². The van der Waals surface area contributed by atoms with Crippen molar-refractivity contribution in [3.8, 4) is 6.07 Å². The molecule has 1 saturated heterocycles. The summed E-state index contributed by atoms with van der Waals surface area (Å²) in [5, 5.41) is 9.43. The fourth-order valence-electron chi connectivity index (χ4n) is 4.72. The van der Waals surface area contributed by atoms with Gasteiger partial charge in [-0.1, -0.05) is 0 Å². The predicted molar refractivity (Wildman–Crippen MR) is 136 cm³/mol. The molecule has 2 aromatic carbocycles. The van der Waals surface area contributed by atoms with Gasteiger partial charge < -0.3 is 9.88 Å². The van der Waals surface area contributed by atoms with Gasteiger partial charge in [0.2, 0.25) is 11.8 Å². The van der Waals surface area contributed by atoms with Gasteiger partial charge >= 0.3 is 0 Å². The molecule has 0 atom stereocenters. The van der Waals surface area contributed by atoms with Crippen LogP contribution in [0.3, 0.4) is 0 Å². The molecule has 1 N–H and O–H groups in total. The number of aryl methyl sites for hydroxylation is 1. The fraction of sp³-hybridized carbons (Fsp3) is 0.333. The number of fused-ring (bicyclic) bond motifs is 1. The van der Waals surface area contributed by atoms with Gasteiger partial charge in [-0.15, -0.1) is 0 Å². The van der Waals surface area contributed by atoms with Crippen molar-refractivity contribution in [3.05, 3.63) is 69.9 Å². The standard InChI is InChI=1S/C27H28FN5O3/c1-18(34)33(19(2)35)26-15-21(28)14-25-24(26)16-22(30-27(25)36)4-3-9-31-10-12-32(13-11-31)23-7-5-20(17-29)6-8-23/h5-8,14-16H,3-4,9-13H2,1-2H3,(H,30,36). The number of anilines is 2. The molecular weight excluding hydrogens is 461 g/mol. The van der Waals surface area contributed by atoms with Gasteiger partial charge in [0.25, 0.3) is 5.56 Å². The van der Waals surface area contributed by atoms with E-state index in [0.29, 0.717) is 23.1 Å². The van der Waals surface area contributed by atoms with Gasteiger partial charge in [-0.05, 0) is 61.9 Å². The molecule has 1 aliphatic rings. The van der Waals surface area contributed by atoms with E-state index in [9.17, 15) is 18.8 Å². The zero-order chi connectivity index (χ0) is 25.8. The average Bonchev–Trinajstić information content (AvgIpc) is 2.85. The second-order valence-corrected chi connectivity index (χ2v) is 8.97. The number of H-pyrrole nitrogens is 1. The average molecular weight is 490 g/mol. The van der Waals surface area contributed by atoms with Gasteiger partial charge in [0.1, 0.15) is 5.82 Å². The lowest BCUT2D eigenvalue weighted by molar-refractivity contribution is -0.124. The molecule has 0 unspecified atom stereocenters. The molecule has 1 fully saturated rings. The molecule has 1 aliphatic heterocycles. The summed E-state index contributed by atoms with van der Waals surface area (Å²) in [7, 11) is 0. The highest BCUT2D eigenvalue weighted by Gasteiger charge is 2.22. The van der Waals surface area contributed by atoms with Crippen molar-refractivity contribution < 1.29 is 14.0 Å². The van der Waals surface area contributed by atoms with Crippen LogP contribution in [0.4, 0.5) is 15.8 Å². The molecule has 3 aromatic rings. The summed E-state index contributed by atoms with van der Waals surface area (Å²) in [4.78, 5) is 45.2. The van der Waals surface area contributed by atoms with Crippen molar-refractivity contribution in [1.82, 2.24) is 9.88 Å². The maximum atomic E-state index is 14.2. The molecule has 9 heteroatoms. The quantitative estimate of drug-likeness (QED) is 0.571. The first kappa shape index (κ1) is 25.1. The molecule has 2 heterocycles. The number of pyridine rings is 1. The van der Waals surface area contributed by atoms with Gasteiger partial charge in [-0.2, -0.15) is 5.26 Å². The Hall–Kier alpha value is -4.03. The number of hydrogen-bond donors (Lipinski definition) is 1. The van der Waals surface area contributed by atoms with Crippen LogP contribution >= 0.6 is 0 Å². The number of hydrogen-bond acceptors (Lipinski definition) is 6. The lowest BCUT2D eigenvalue weighted by atomic mass is 10.1. The Bertz CT molecular complexity index is 1370. The van der Waals surface area contributed by atoms with Crippen LogP contribution in [0.1, 0.15) is 31.5 Å². The molecule has 0 aliphatic carbocycles. The van der Waals surface area contributed by atoms with E-state index in [0.717, 1.165) is 61.9 Å². The van der Waals surface area contributed by atoms with Gasteiger partial charge in [-0.3, -0.25) is 24.2 Å². The highest BCUT2D eigenvalue weighted by molar-refractivity contribution is 6.17. The van der Waals surface area contributed by atoms with Gasteiger partial charge in [0.05, 0.1) is 22.7 Å². The van der Waals surface area contributed by atoms with E-state index >= 15 is 0 Å². The molecular formula is C27H28FN5O3. The lowest BCUT2D eigenvalue weighted by Crippen LogP contribution is -2.46. The summed E-state index contributed by atoms with van der Waals surface area (Å²) in [6.45, 7) is 6.90. The number of imide groups is 1. The Kier molecular flexibility index (Phi) is 7.46. The molecule has 8 nitrogen and oxygen atoms in total. The summed E-state index contributed by atoms with van der Waals surface area (Å²) < 4.78 is 14.2. The van der Waals surface area contributed by atoms with Crippen molar-refractivity contribution in [1.29, 1.82) is 5.26 Å². The van der Waals surface area contributed by atoms with Crippen LogP contribution < -0.4 is 15.4 Å². The third-order valence-electron chi connectivity index (χ3n) is 6.49.